The molecule has 0 saturated heterocycles. The van der Waals surface area contributed by atoms with Crippen LogP contribution in [0, 0.1) is 0 Å². The highest BCUT2D eigenvalue weighted by molar-refractivity contribution is 5.90. The Morgan fingerprint density at radius 1 is 0.386 bits per heavy atom. The fourth-order valence-electron chi connectivity index (χ4n) is 7.10. The van der Waals surface area contributed by atoms with E-state index >= 15 is 0 Å². The van der Waals surface area contributed by atoms with Crippen molar-refractivity contribution in [3.05, 3.63) is 174 Å². The van der Waals surface area contributed by atoms with Gasteiger partial charge in [0.05, 0.1) is 11.6 Å². The van der Waals surface area contributed by atoms with E-state index in [9.17, 15) is 0 Å². The van der Waals surface area contributed by atoms with Crippen molar-refractivity contribution in [2.75, 3.05) is 0 Å². The molecule has 0 unspecified atom stereocenters. The van der Waals surface area contributed by atoms with Crippen LogP contribution in [0.3, 0.4) is 0 Å². The number of fused-ring (bicyclic) bond motifs is 4. The SMILES string of the molecule is c1ccc2c(C(c3ccc(C(c4c[nH]c5ccccc45)c4c[nH]c5ccccc45)nc3)c3c[nH]c4ccccc34)c[nH]c2c1. The molecule has 0 amide bonds. The molecule has 0 saturated carbocycles. The lowest BCUT2D eigenvalue weighted by Crippen LogP contribution is -2.08. The molecule has 9 rings (SSSR count). The molecule has 0 aliphatic heterocycles. The summed E-state index contributed by atoms with van der Waals surface area (Å²) in [4.78, 5) is 19.3. The lowest BCUT2D eigenvalue weighted by molar-refractivity contribution is 0.909. The average Bonchev–Trinajstić information content (AvgIpc) is 3.89. The van der Waals surface area contributed by atoms with Gasteiger partial charge in [-0.05, 0) is 58.1 Å². The minimum Gasteiger partial charge on any atom is -0.361 e. The van der Waals surface area contributed by atoms with Gasteiger partial charge in [-0.2, -0.15) is 0 Å². The van der Waals surface area contributed by atoms with Crippen LogP contribution in [0.25, 0.3) is 43.6 Å². The molecular formula is C39H29N5. The van der Waals surface area contributed by atoms with E-state index in [4.69, 9.17) is 4.98 Å². The second-order valence-corrected chi connectivity index (χ2v) is 11.5. The smallest absolute Gasteiger partial charge is 0.0555 e. The van der Waals surface area contributed by atoms with Crippen molar-refractivity contribution in [2.24, 2.45) is 0 Å². The minimum atomic E-state index is -0.0454. The molecule has 4 aromatic carbocycles. The molecule has 0 fully saturated rings. The Bertz CT molecular complexity index is 2100. The van der Waals surface area contributed by atoms with Crippen LogP contribution in [-0.2, 0) is 0 Å². The largest absolute Gasteiger partial charge is 0.361 e. The number of nitrogens with one attached hydrogen (secondary N) is 4. The minimum absolute atomic E-state index is 0.00322. The van der Waals surface area contributed by atoms with Crippen LogP contribution >= 0.6 is 0 Å². The molecule has 0 aliphatic carbocycles. The zero-order valence-corrected chi connectivity index (χ0v) is 23.9. The normalized spacial score (nSPS) is 12.0. The third kappa shape index (κ3) is 3.83. The number of pyridine rings is 1. The Hall–Kier alpha value is -5.81. The standard InChI is InChI=1S/C39H29N5/c1-5-13-33-25(9-1)29(20-41-33)38(30-21-42-34-14-6-2-10-26(30)34)24-17-18-37(40-19-24)39(31-22-43-35-15-7-3-11-27(31)35)32-23-44-36-16-8-4-12-28(32)36/h1-23,38-39,41-44H. The monoisotopic (exact) mass is 567 g/mol. The van der Waals surface area contributed by atoms with Crippen LogP contribution in [-0.4, -0.2) is 24.9 Å². The summed E-state index contributed by atoms with van der Waals surface area (Å²) in [7, 11) is 0. The van der Waals surface area contributed by atoms with E-state index in [0.717, 1.165) is 33.3 Å². The summed E-state index contributed by atoms with van der Waals surface area (Å²) in [6.07, 6.45) is 10.7. The van der Waals surface area contributed by atoms with E-state index in [1.54, 1.807) is 0 Å². The highest BCUT2D eigenvalue weighted by atomic mass is 14.7. The zero-order valence-electron chi connectivity index (χ0n) is 23.9. The lowest BCUT2D eigenvalue weighted by atomic mass is 9.84. The first-order chi connectivity index (χ1) is 21.8. The van der Waals surface area contributed by atoms with Crippen LogP contribution in [0.2, 0.25) is 0 Å². The summed E-state index contributed by atoms with van der Waals surface area (Å²) in [6.45, 7) is 0. The fourth-order valence-corrected chi connectivity index (χ4v) is 7.10. The van der Waals surface area contributed by atoms with Gasteiger partial charge in [0.1, 0.15) is 0 Å². The fraction of sp³-hybridized carbons (Fsp3) is 0.0513. The Morgan fingerprint density at radius 2 is 0.750 bits per heavy atom. The van der Waals surface area contributed by atoms with E-state index in [2.05, 4.69) is 160 Å². The van der Waals surface area contributed by atoms with Crippen molar-refractivity contribution in [1.29, 1.82) is 0 Å². The van der Waals surface area contributed by atoms with Crippen LogP contribution in [0.15, 0.2) is 140 Å². The average molecular weight is 568 g/mol. The van der Waals surface area contributed by atoms with Gasteiger partial charge in [0.25, 0.3) is 0 Å². The molecule has 210 valence electrons. The Morgan fingerprint density at radius 3 is 1.11 bits per heavy atom. The Kier molecular flexibility index (Phi) is 5.56. The molecule has 0 aliphatic rings. The number of aromatic nitrogens is 5. The number of aromatic amines is 4. The maximum atomic E-state index is 5.26. The molecule has 5 heterocycles. The molecule has 0 bridgehead atoms. The summed E-state index contributed by atoms with van der Waals surface area (Å²) in [5, 5.41) is 4.87. The van der Waals surface area contributed by atoms with Crippen LogP contribution in [0.1, 0.15) is 45.3 Å². The number of hydrogen-bond acceptors (Lipinski definition) is 1. The Labute approximate surface area is 253 Å². The van der Waals surface area contributed by atoms with Crippen molar-refractivity contribution in [1.82, 2.24) is 24.9 Å². The quantitative estimate of drug-likeness (QED) is 0.159. The summed E-state index contributed by atoms with van der Waals surface area (Å²) >= 11 is 0. The molecule has 0 atom stereocenters. The molecule has 5 aromatic heterocycles. The van der Waals surface area contributed by atoms with Gasteiger partial charge in [-0.25, -0.2) is 0 Å². The number of para-hydroxylation sites is 4. The predicted molar refractivity (Wildman–Crippen MR) is 179 cm³/mol. The van der Waals surface area contributed by atoms with Crippen LogP contribution in [0.5, 0.6) is 0 Å². The number of H-pyrrole nitrogens is 4. The van der Waals surface area contributed by atoms with Crippen molar-refractivity contribution in [2.45, 2.75) is 11.8 Å². The molecule has 0 spiro atoms. The van der Waals surface area contributed by atoms with E-state index < -0.39 is 0 Å². The topological polar surface area (TPSA) is 76.0 Å². The molecular weight excluding hydrogens is 538 g/mol. The maximum Gasteiger partial charge on any atom is 0.0555 e. The molecule has 9 aromatic rings. The van der Waals surface area contributed by atoms with Crippen LogP contribution < -0.4 is 0 Å². The first kappa shape index (κ1) is 24.8. The first-order valence-electron chi connectivity index (χ1n) is 15.0. The third-order valence-corrected chi connectivity index (χ3v) is 9.17. The van der Waals surface area contributed by atoms with Crippen molar-refractivity contribution < 1.29 is 0 Å². The van der Waals surface area contributed by atoms with E-state index in [0.29, 0.717) is 0 Å². The number of hydrogen-bond donors (Lipinski definition) is 4. The third-order valence-electron chi connectivity index (χ3n) is 9.17. The number of benzene rings is 4. The van der Waals surface area contributed by atoms with Gasteiger partial charge < -0.3 is 19.9 Å². The summed E-state index contributed by atoms with van der Waals surface area (Å²) in [5.74, 6) is -0.0422. The second kappa shape index (κ2) is 9.89. The molecule has 5 nitrogen and oxygen atoms in total. The molecule has 4 N–H and O–H groups in total. The predicted octanol–water partition coefficient (Wildman–Crippen LogP) is 9.37. The molecule has 0 radical (unpaired) electrons. The summed E-state index contributed by atoms with van der Waals surface area (Å²) in [5.41, 5.74) is 11.6. The molecule has 44 heavy (non-hydrogen) atoms. The van der Waals surface area contributed by atoms with Crippen LogP contribution in [0.4, 0.5) is 0 Å². The van der Waals surface area contributed by atoms with Gasteiger partial charge in [0.2, 0.25) is 0 Å². The van der Waals surface area contributed by atoms with Gasteiger partial charge in [0.15, 0.2) is 0 Å². The summed E-state index contributed by atoms with van der Waals surface area (Å²) < 4.78 is 0. The highest BCUT2D eigenvalue weighted by Gasteiger charge is 2.27. The van der Waals surface area contributed by atoms with Crippen molar-refractivity contribution >= 4 is 43.6 Å². The van der Waals surface area contributed by atoms with E-state index in [1.807, 2.05) is 0 Å². The van der Waals surface area contributed by atoms with Gasteiger partial charge >= 0.3 is 0 Å². The first-order valence-corrected chi connectivity index (χ1v) is 15.0. The van der Waals surface area contributed by atoms with E-state index in [1.165, 1.54) is 43.8 Å². The summed E-state index contributed by atoms with van der Waals surface area (Å²) in [6, 6.07) is 38.6. The number of nitrogens with zero attached hydrogens (tertiary/aromatic N) is 1. The van der Waals surface area contributed by atoms with Gasteiger partial charge in [0, 0.05) is 80.5 Å². The highest BCUT2D eigenvalue weighted by Crippen LogP contribution is 2.42. The lowest BCUT2D eigenvalue weighted by Gasteiger charge is -2.20. The molecule has 5 heteroatoms. The van der Waals surface area contributed by atoms with Gasteiger partial charge in [-0.3, -0.25) is 4.98 Å². The van der Waals surface area contributed by atoms with Gasteiger partial charge in [-0.1, -0.05) is 78.9 Å². The maximum absolute atomic E-state index is 5.26. The number of rotatable bonds is 6. The second-order valence-electron chi connectivity index (χ2n) is 11.5. The van der Waals surface area contributed by atoms with Crippen molar-refractivity contribution in [3.63, 3.8) is 0 Å². The van der Waals surface area contributed by atoms with E-state index in [-0.39, 0.29) is 11.8 Å². The Balaban J connectivity index is 1.23. The van der Waals surface area contributed by atoms with Gasteiger partial charge in [-0.15, -0.1) is 0 Å². The zero-order chi connectivity index (χ0) is 29.0. The van der Waals surface area contributed by atoms with Crippen molar-refractivity contribution in [3.8, 4) is 0 Å².